The van der Waals surface area contributed by atoms with Crippen LogP contribution in [0.1, 0.15) is 51.9 Å². The van der Waals surface area contributed by atoms with E-state index in [4.69, 9.17) is 4.74 Å². The molecule has 1 fully saturated rings. The molecule has 0 N–H and O–H groups in total. The van der Waals surface area contributed by atoms with Gasteiger partial charge in [-0.2, -0.15) is 0 Å². The maximum atomic E-state index is 11.4. The molecule has 0 atom stereocenters. The minimum absolute atomic E-state index is 0.0843. The zero-order valence-electron chi connectivity index (χ0n) is 9.71. The summed E-state index contributed by atoms with van der Waals surface area (Å²) in [5.74, 6) is 0.887. The second kappa shape index (κ2) is 6.65. The van der Waals surface area contributed by atoms with Crippen LogP contribution in [0.25, 0.3) is 0 Å². The summed E-state index contributed by atoms with van der Waals surface area (Å²) in [6, 6.07) is 0. The molecule has 1 saturated carbocycles. The van der Waals surface area contributed by atoms with Crippen LogP contribution in [0.2, 0.25) is 0 Å². The van der Waals surface area contributed by atoms with Gasteiger partial charge in [-0.05, 0) is 31.6 Å². The zero-order valence-corrected chi connectivity index (χ0v) is 9.71. The van der Waals surface area contributed by atoms with Crippen LogP contribution >= 0.6 is 0 Å². The predicted molar refractivity (Wildman–Crippen MR) is 61.3 cm³/mol. The minimum Gasteiger partial charge on any atom is -0.435 e. The molecule has 0 aromatic heterocycles. The lowest BCUT2D eigenvalue weighted by molar-refractivity contribution is -0.144. The Labute approximate surface area is 92.7 Å². The van der Waals surface area contributed by atoms with Crippen LogP contribution in [0.5, 0.6) is 0 Å². The lowest BCUT2D eigenvalue weighted by atomic mass is 9.80. The first-order chi connectivity index (χ1) is 7.27. The van der Waals surface area contributed by atoms with E-state index in [9.17, 15) is 4.79 Å². The highest BCUT2D eigenvalue weighted by molar-refractivity contribution is 5.73. The highest BCUT2D eigenvalue weighted by Crippen LogP contribution is 2.32. The highest BCUT2D eigenvalue weighted by atomic mass is 16.5. The summed E-state index contributed by atoms with van der Waals surface area (Å²) in [6.07, 6.45) is 9.56. The molecule has 0 aromatic rings. The van der Waals surface area contributed by atoms with Crippen molar-refractivity contribution in [1.82, 2.24) is 0 Å². The SMILES string of the molecule is C=COC(=O)C1CCC(CCCC)CC1. The molecule has 0 heterocycles. The van der Waals surface area contributed by atoms with Gasteiger partial charge >= 0.3 is 5.97 Å². The van der Waals surface area contributed by atoms with Gasteiger partial charge in [-0.15, -0.1) is 0 Å². The molecule has 0 saturated heterocycles. The number of rotatable bonds is 5. The van der Waals surface area contributed by atoms with Crippen molar-refractivity contribution in [2.24, 2.45) is 11.8 Å². The molecule has 86 valence electrons. The van der Waals surface area contributed by atoms with E-state index in [0.29, 0.717) is 0 Å². The van der Waals surface area contributed by atoms with Gasteiger partial charge in [0.25, 0.3) is 0 Å². The predicted octanol–water partition coefficient (Wildman–Crippen LogP) is 3.67. The molecule has 1 rings (SSSR count). The van der Waals surface area contributed by atoms with Gasteiger partial charge in [0.2, 0.25) is 0 Å². The van der Waals surface area contributed by atoms with Crippen molar-refractivity contribution in [2.75, 3.05) is 0 Å². The third-order valence-corrected chi connectivity index (χ3v) is 3.35. The number of hydrogen-bond acceptors (Lipinski definition) is 2. The van der Waals surface area contributed by atoms with E-state index in [0.717, 1.165) is 18.8 Å². The highest BCUT2D eigenvalue weighted by Gasteiger charge is 2.26. The molecule has 0 radical (unpaired) electrons. The Bertz CT molecular complexity index is 203. The molecule has 0 aliphatic heterocycles. The van der Waals surface area contributed by atoms with Crippen LogP contribution in [0.15, 0.2) is 12.8 Å². The molecular weight excluding hydrogens is 188 g/mol. The third-order valence-electron chi connectivity index (χ3n) is 3.35. The van der Waals surface area contributed by atoms with E-state index in [1.54, 1.807) is 0 Å². The lowest BCUT2D eigenvalue weighted by Crippen LogP contribution is -2.22. The Morgan fingerprint density at radius 3 is 2.60 bits per heavy atom. The van der Waals surface area contributed by atoms with Gasteiger partial charge in [0.05, 0.1) is 12.2 Å². The fourth-order valence-corrected chi connectivity index (χ4v) is 2.36. The Kier molecular flexibility index (Phi) is 5.44. The van der Waals surface area contributed by atoms with Gasteiger partial charge in [0, 0.05) is 0 Å². The van der Waals surface area contributed by atoms with Crippen LogP contribution < -0.4 is 0 Å². The first-order valence-electron chi connectivity index (χ1n) is 6.09. The van der Waals surface area contributed by atoms with E-state index < -0.39 is 0 Å². The van der Waals surface area contributed by atoms with Gasteiger partial charge in [-0.25, -0.2) is 0 Å². The maximum Gasteiger partial charge on any atom is 0.313 e. The Hall–Kier alpha value is -0.790. The third kappa shape index (κ3) is 4.06. The Morgan fingerprint density at radius 1 is 1.40 bits per heavy atom. The van der Waals surface area contributed by atoms with Crippen molar-refractivity contribution in [1.29, 1.82) is 0 Å². The second-order valence-electron chi connectivity index (χ2n) is 4.46. The number of carbonyl (C=O) groups excluding carboxylic acids is 1. The molecule has 2 nitrogen and oxygen atoms in total. The smallest absolute Gasteiger partial charge is 0.313 e. The number of carbonyl (C=O) groups is 1. The van der Waals surface area contributed by atoms with Crippen molar-refractivity contribution >= 4 is 5.97 Å². The lowest BCUT2D eigenvalue weighted by Gasteiger charge is -2.26. The summed E-state index contributed by atoms with van der Waals surface area (Å²) in [7, 11) is 0. The Balaban J connectivity index is 2.23. The largest absolute Gasteiger partial charge is 0.435 e. The van der Waals surface area contributed by atoms with Crippen LogP contribution in [0.3, 0.4) is 0 Å². The molecule has 15 heavy (non-hydrogen) atoms. The van der Waals surface area contributed by atoms with Crippen LogP contribution in [-0.2, 0) is 9.53 Å². The molecule has 1 aliphatic carbocycles. The molecule has 0 spiro atoms. The average molecular weight is 210 g/mol. The fraction of sp³-hybridized carbons (Fsp3) is 0.769. The quantitative estimate of drug-likeness (QED) is 0.511. The summed E-state index contributed by atoms with van der Waals surface area (Å²) < 4.78 is 4.82. The number of hydrogen-bond donors (Lipinski definition) is 0. The summed E-state index contributed by atoms with van der Waals surface area (Å²) in [4.78, 5) is 11.4. The molecule has 0 amide bonds. The number of esters is 1. The van der Waals surface area contributed by atoms with Crippen molar-refractivity contribution in [3.63, 3.8) is 0 Å². The molecule has 1 aliphatic rings. The number of unbranched alkanes of at least 4 members (excludes halogenated alkanes) is 1. The molecule has 0 unspecified atom stereocenters. The first-order valence-corrected chi connectivity index (χ1v) is 6.09. The second-order valence-corrected chi connectivity index (χ2v) is 4.46. The van der Waals surface area contributed by atoms with E-state index >= 15 is 0 Å². The minimum atomic E-state index is -0.0843. The van der Waals surface area contributed by atoms with Crippen molar-refractivity contribution in [2.45, 2.75) is 51.9 Å². The van der Waals surface area contributed by atoms with Crippen molar-refractivity contribution in [3.8, 4) is 0 Å². The summed E-state index contributed by atoms with van der Waals surface area (Å²) >= 11 is 0. The fourth-order valence-electron chi connectivity index (χ4n) is 2.36. The van der Waals surface area contributed by atoms with Gasteiger partial charge in [-0.1, -0.05) is 32.8 Å². The van der Waals surface area contributed by atoms with Crippen LogP contribution in [0, 0.1) is 11.8 Å². The van der Waals surface area contributed by atoms with Crippen molar-refractivity contribution in [3.05, 3.63) is 12.8 Å². The van der Waals surface area contributed by atoms with E-state index in [-0.39, 0.29) is 11.9 Å². The standard InChI is InChI=1S/C13H22O2/c1-3-5-6-11-7-9-12(10-8-11)13(14)15-4-2/h4,11-12H,2-3,5-10H2,1H3. The summed E-state index contributed by atoms with van der Waals surface area (Å²) in [5.41, 5.74) is 0. The van der Waals surface area contributed by atoms with Gasteiger partial charge in [0.1, 0.15) is 0 Å². The average Bonchev–Trinajstić information content (AvgIpc) is 2.27. The number of ether oxygens (including phenoxy) is 1. The van der Waals surface area contributed by atoms with E-state index in [1.807, 2.05) is 0 Å². The van der Waals surface area contributed by atoms with Crippen molar-refractivity contribution < 1.29 is 9.53 Å². The summed E-state index contributed by atoms with van der Waals surface area (Å²) in [5, 5.41) is 0. The molecule has 0 bridgehead atoms. The van der Waals surface area contributed by atoms with Gasteiger partial charge in [0.15, 0.2) is 0 Å². The molecule has 2 heteroatoms. The van der Waals surface area contributed by atoms with Crippen LogP contribution in [-0.4, -0.2) is 5.97 Å². The summed E-state index contributed by atoms with van der Waals surface area (Å²) in [6.45, 7) is 5.64. The van der Waals surface area contributed by atoms with E-state index in [1.165, 1.54) is 38.4 Å². The molecular formula is C13H22O2. The zero-order chi connectivity index (χ0) is 11.1. The maximum absolute atomic E-state index is 11.4. The van der Waals surface area contributed by atoms with E-state index in [2.05, 4.69) is 13.5 Å². The van der Waals surface area contributed by atoms with Gasteiger partial charge < -0.3 is 4.74 Å². The van der Waals surface area contributed by atoms with Gasteiger partial charge in [-0.3, -0.25) is 4.79 Å². The van der Waals surface area contributed by atoms with Crippen LogP contribution in [0.4, 0.5) is 0 Å². The monoisotopic (exact) mass is 210 g/mol. The Morgan fingerprint density at radius 2 is 2.07 bits per heavy atom. The topological polar surface area (TPSA) is 26.3 Å². The normalized spacial score (nSPS) is 25.9. The first kappa shape index (κ1) is 12.3. The molecule has 0 aromatic carbocycles.